The summed E-state index contributed by atoms with van der Waals surface area (Å²) < 4.78 is 4.22. The summed E-state index contributed by atoms with van der Waals surface area (Å²) in [6, 6.07) is 3.74. The molecule has 2 rings (SSSR count). The number of aromatic nitrogens is 2. The molecule has 1 N–H and O–H groups in total. The highest BCUT2D eigenvalue weighted by Crippen LogP contribution is 2.12. The average Bonchev–Trinajstić information content (AvgIpc) is 2.32. The molecule has 0 spiro atoms. The Morgan fingerprint density at radius 1 is 1.47 bits per heavy atom. The van der Waals surface area contributed by atoms with Crippen LogP contribution in [0.2, 0.25) is 0 Å². The van der Waals surface area contributed by atoms with Gasteiger partial charge in [-0.3, -0.25) is 0 Å². The Balaban J connectivity index is 2.90. The van der Waals surface area contributed by atoms with Crippen molar-refractivity contribution in [2.45, 2.75) is 19.8 Å². The normalized spacial score (nSPS) is 11.0. The fourth-order valence-corrected chi connectivity index (χ4v) is 2.38. The third-order valence-electron chi connectivity index (χ3n) is 2.80. The lowest BCUT2D eigenvalue weighted by Crippen LogP contribution is -2.38. The monoisotopic (exact) mass is 345 g/mol. The van der Waals surface area contributed by atoms with E-state index >= 15 is 0 Å². The van der Waals surface area contributed by atoms with Crippen LogP contribution in [0.1, 0.15) is 18.9 Å². The molecule has 0 aliphatic heterocycles. The Labute approximate surface area is 113 Å². The molecule has 5 heteroatoms. The van der Waals surface area contributed by atoms with Crippen LogP contribution in [0.25, 0.3) is 5.65 Å². The van der Waals surface area contributed by atoms with Gasteiger partial charge in [-0.2, -0.15) is 8.97 Å². The molecule has 2 aromatic heterocycles. The molecule has 0 amide bonds. The maximum atomic E-state index is 12.2. The highest BCUT2D eigenvalue weighted by atomic mass is 127. The molecule has 2 heterocycles. The van der Waals surface area contributed by atoms with Crippen LogP contribution in [0.15, 0.2) is 23.1 Å². The van der Waals surface area contributed by atoms with Crippen LogP contribution in [0, 0.1) is 3.57 Å². The molecule has 0 fully saturated rings. The molecule has 0 radical (unpaired) electrons. The largest absolute Gasteiger partial charge is 0.477 e. The van der Waals surface area contributed by atoms with Gasteiger partial charge in [0.15, 0.2) is 0 Å². The summed E-state index contributed by atoms with van der Waals surface area (Å²) in [5, 5.41) is 10.0. The van der Waals surface area contributed by atoms with E-state index in [4.69, 9.17) is 0 Å². The summed E-state index contributed by atoms with van der Waals surface area (Å²) in [5.74, 6) is 0.0676. The highest BCUT2D eigenvalue weighted by molar-refractivity contribution is 14.1. The Morgan fingerprint density at radius 3 is 2.82 bits per heavy atom. The predicted molar refractivity (Wildman–Crippen MR) is 73.2 cm³/mol. The van der Waals surface area contributed by atoms with Crippen molar-refractivity contribution >= 4 is 28.2 Å². The summed E-state index contributed by atoms with van der Waals surface area (Å²) >= 11 is 2.17. The first-order valence-electron chi connectivity index (χ1n) is 5.48. The number of fused-ring (bicyclic) bond motifs is 1. The second-order valence-electron chi connectivity index (χ2n) is 3.99. The lowest BCUT2D eigenvalue weighted by Gasteiger charge is -2.05. The molecule has 17 heavy (non-hydrogen) atoms. The summed E-state index contributed by atoms with van der Waals surface area (Å²) in [6.07, 6.45) is 3.21. The smallest absolute Gasteiger partial charge is 0.349 e. The molecular weight excluding hydrogens is 331 g/mol. The van der Waals surface area contributed by atoms with E-state index in [2.05, 4.69) is 22.6 Å². The number of nitrogens with zero attached hydrogens (tertiary/aromatic N) is 2. The summed E-state index contributed by atoms with van der Waals surface area (Å²) in [7, 11) is 1.76. The van der Waals surface area contributed by atoms with Crippen LogP contribution in [0.3, 0.4) is 0 Å². The number of pyridine rings is 1. The zero-order valence-corrected chi connectivity index (χ0v) is 11.9. The van der Waals surface area contributed by atoms with E-state index in [0.29, 0.717) is 17.6 Å². The van der Waals surface area contributed by atoms with E-state index in [9.17, 15) is 9.90 Å². The highest BCUT2D eigenvalue weighted by Gasteiger charge is 2.20. The Kier molecular flexibility index (Phi) is 3.37. The fraction of sp³-hybridized carbons (Fsp3) is 0.333. The van der Waals surface area contributed by atoms with Gasteiger partial charge >= 0.3 is 5.56 Å². The second kappa shape index (κ2) is 4.64. The predicted octanol–water partition coefficient (Wildman–Crippen LogP) is 1.39. The zero-order chi connectivity index (χ0) is 12.6. The van der Waals surface area contributed by atoms with Crippen LogP contribution >= 0.6 is 22.6 Å². The summed E-state index contributed by atoms with van der Waals surface area (Å²) in [4.78, 5) is 12.2. The SMILES string of the molecule is CCCc1c(O)[n+](C)c2ccc(I)cn2c1=O. The van der Waals surface area contributed by atoms with Gasteiger partial charge in [0.25, 0.3) is 11.5 Å². The molecule has 0 atom stereocenters. The third-order valence-corrected chi connectivity index (χ3v) is 3.44. The van der Waals surface area contributed by atoms with Gasteiger partial charge in [-0.1, -0.05) is 13.3 Å². The molecule has 2 aromatic rings. The number of aromatic hydroxyl groups is 1. The molecule has 4 nitrogen and oxygen atoms in total. The molecule has 0 saturated heterocycles. The first-order valence-corrected chi connectivity index (χ1v) is 6.56. The lowest BCUT2D eigenvalue weighted by molar-refractivity contribution is -0.655. The van der Waals surface area contributed by atoms with Crippen molar-refractivity contribution in [1.29, 1.82) is 0 Å². The molecule has 0 bridgehead atoms. The first kappa shape index (κ1) is 12.3. The van der Waals surface area contributed by atoms with Crippen molar-refractivity contribution < 1.29 is 9.67 Å². The quantitative estimate of drug-likeness (QED) is 0.661. The van der Waals surface area contributed by atoms with Crippen LogP contribution in [0.5, 0.6) is 5.88 Å². The molecular formula is C12H14IN2O2+. The lowest BCUT2D eigenvalue weighted by atomic mass is 10.2. The zero-order valence-electron chi connectivity index (χ0n) is 9.77. The molecule has 0 aromatic carbocycles. The van der Waals surface area contributed by atoms with Gasteiger partial charge in [-0.05, 0) is 35.1 Å². The van der Waals surface area contributed by atoms with Crippen molar-refractivity contribution in [2.24, 2.45) is 7.05 Å². The van der Waals surface area contributed by atoms with Crippen LogP contribution < -0.4 is 10.1 Å². The van der Waals surface area contributed by atoms with Crippen molar-refractivity contribution in [1.82, 2.24) is 4.40 Å². The summed E-state index contributed by atoms with van der Waals surface area (Å²) in [5.41, 5.74) is 1.04. The number of hydrogen-bond acceptors (Lipinski definition) is 2. The summed E-state index contributed by atoms with van der Waals surface area (Å²) in [6.45, 7) is 1.99. The van der Waals surface area contributed by atoms with E-state index in [1.54, 1.807) is 22.2 Å². The molecule has 0 aliphatic carbocycles. The standard InChI is InChI=1S/C12H13IN2O2/c1-3-4-9-11(16)14(2)10-6-5-8(13)7-15(10)12(9)17/h5-7H,3-4H2,1-2H3/p+1. The van der Waals surface area contributed by atoms with E-state index in [0.717, 1.165) is 9.99 Å². The van der Waals surface area contributed by atoms with Crippen LogP contribution in [0.4, 0.5) is 0 Å². The van der Waals surface area contributed by atoms with Crippen molar-refractivity contribution in [3.63, 3.8) is 0 Å². The molecule has 0 saturated carbocycles. The minimum atomic E-state index is -0.129. The van der Waals surface area contributed by atoms with Gasteiger partial charge in [-0.15, -0.1) is 0 Å². The minimum absolute atomic E-state index is 0.0676. The van der Waals surface area contributed by atoms with E-state index < -0.39 is 0 Å². The number of aryl methyl sites for hydroxylation is 1. The van der Waals surface area contributed by atoms with Gasteiger partial charge in [-0.25, -0.2) is 4.79 Å². The topological polar surface area (TPSA) is 45.6 Å². The van der Waals surface area contributed by atoms with Crippen molar-refractivity contribution in [3.8, 4) is 5.88 Å². The van der Waals surface area contributed by atoms with E-state index in [1.165, 1.54) is 0 Å². The maximum absolute atomic E-state index is 12.2. The number of hydrogen-bond donors (Lipinski definition) is 1. The first-order chi connectivity index (χ1) is 8.06. The van der Waals surface area contributed by atoms with Gasteiger partial charge in [0.2, 0.25) is 0 Å². The van der Waals surface area contributed by atoms with E-state index in [-0.39, 0.29) is 11.4 Å². The van der Waals surface area contributed by atoms with Gasteiger partial charge in [0.05, 0.1) is 10.6 Å². The maximum Gasteiger partial charge on any atom is 0.349 e. The number of rotatable bonds is 2. The number of halogens is 1. The van der Waals surface area contributed by atoms with E-state index in [1.807, 2.05) is 19.1 Å². The minimum Gasteiger partial charge on any atom is -0.477 e. The molecule has 0 unspecified atom stereocenters. The van der Waals surface area contributed by atoms with Crippen molar-refractivity contribution in [3.05, 3.63) is 37.8 Å². The Bertz CT molecular complexity index is 634. The third kappa shape index (κ3) is 2.03. The molecule has 90 valence electrons. The van der Waals surface area contributed by atoms with Crippen LogP contribution in [-0.4, -0.2) is 9.51 Å². The van der Waals surface area contributed by atoms with Gasteiger partial charge < -0.3 is 5.11 Å². The van der Waals surface area contributed by atoms with Crippen molar-refractivity contribution in [2.75, 3.05) is 0 Å². The van der Waals surface area contributed by atoms with Crippen LogP contribution in [-0.2, 0) is 13.5 Å². The fourth-order valence-electron chi connectivity index (χ4n) is 1.92. The molecule has 0 aliphatic rings. The van der Waals surface area contributed by atoms with Gasteiger partial charge in [0.1, 0.15) is 11.8 Å². The second-order valence-corrected chi connectivity index (χ2v) is 5.24. The average molecular weight is 345 g/mol. The Hall–Kier alpha value is -1.11. The van der Waals surface area contributed by atoms with Gasteiger partial charge in [0, 0.05) is 6.07 Å². The Morgan fingerprint density at radius 2 is 2.18 bits per heavy atom.